The molecule has 2 rings (SSSR count). The number of benzene rings is 1. The van der Waals surface area contributed by atoms with Crippen LogP contribution >= 0.6 is 0 Å². The molecule has 0 amide bonds. The maximum Gasteiger partial charge on any atom is 0.331 e. The van der Waals surface area contributed by atoms with Crippen molar-refractivity contribution in [1.82, 2.24) is 9.13 Å². The number of hydrogen-bond acceptors (Lipinski definition) is 6. The topological polar surface area (TPSA) is 122 Å². The van der Waals surface area contributed by atoms with Crippen LogP contribution in [0.1, 0.15) is 39.0 Å². The Morgan fingerprint density at radius 3 is 1.97 bits per heavy atom. The number of ether oxygens (including phenoxy) is 1. The van der Waals surface area contributed by atoms with Crippen LogP contribution in [0.15, 0.2) is 33.9 Å². The number of aromatic nitrogens is 2. The fraction of sp³-hybridized carbons (Fsp3) is 0.500. The van der Waals surface area contributed by atoms with Crippen LogP contribution in [0.5, 0.6) is 0 Å². The monoisotopic (exact) mass is 420 g/mol. The van der Waals surface area contributed by atoms with E-state index in [4.69, 9.17) is 5.73 Å². The molecule has 2 aromatic rings. The molecule has 1 unspecified atom stereocenters. The zero-order chi connectivity index (χ0) is 23.4. The van der Waals surface area contributed by atoms with Crippen LogP contribution in [-0.4, -0.2) is 35.3 Å². The molecule has 4 N–H and O–H groups in total. The predicted octanol–water partition coefficient (Wildman–Crippen LogP) is 1.67. The molecule has 1 heterocycles. The van der Waals surface area contributed by atoms with Gasteiger partial charge >= 0.3 is 11.7 Å². The molecular weight excluding hydrogens is 384 g/mol. The molecule has 168 valence electrons. The van der Waals surface area contributed by atoms with E-state index in [1.165, 1.54) is 18.7 Å². The van der Waals surface area contributed by atoms with E-state index in [-0.39, 0.29) is 11.2 Å². The number of nitrogens with zero attached hydrogens (tertiary/aromatic N) is 2. The maximum absolute atomic E-state index is 12.8. The fourth-order valence-corrected chi connectivity index (χ4v) is 3.08. The van der Waals surface area contributed by atoms with Crippen molar-refractivity contribution >= 4 is 5.97 Å². The van der Waals surface area contributed by atoms with Gasteiger partial charge in [0.15, 0.2) is 0 Å². The van der Waals surface area contributed by atoms with Gasteiger partial charge in [0.25, 0.3) is 5.56 Å². The second kappa shape index (κ2) is 13.5. The van der Waals surface area contributed by atoms with Crippen molar-refractivity contribution in [2.45, 2.75) is 60.2 Å². The summed E-state index contributed by atoms with van der Waals surface area (Å²) in [6.07, 6.45) is 0.347. The molecule has 0 aliphatic rings. The summed E-state index contributed by atoms with van der Waals surface area (Å²) in [4.78, 5) is 36.6. The number of rotatable bonds is 6. The molecule has 1 aromatic carbocycles. The summed E-state index contributed by atoms with van der Waals surface area (Å²) in [5.74, 6) is -0.467. The molecule has 30 heavy (non-hydrogen) atoms. The molecule has 0 saturated heterocycles. The Bertz CT molecular complexity index is 914. The first-order valence-electron chi connectivity index (χ1n) is 10.2. The molecular formula is C22H36N4O4. The largest absolute Gasteiger partial charge is 0.468 e. The van der Waals surface area contributed by atoms with Gasteiger partial charge in [0.2, 0.25) is 0 Å². The Labute approximate surface area is 178 Å². The lowest BCUT2D eigenvalue weighted by Crippen LogP contribution is -2.41. The smallest absolute Gasteiger partial charge is 0.331 e. The zero-order valence-corrected chi connectivity index (χ0v) is 19.2. The van der Waals surface area contributed by atoms with E-state index in [2.05, 4.69) is 10.5 Å². The third-order valence-corrected chi connectivity index (χ3v) is 4.52. The van der Waals surface area contributed by atoms with Gasteiger partial charge in [-0.05, 0) is 45.4 Å². The van der Waals surface area contributed by atoms with E-state index in [1.54, 1.807) is 18.4 Å². The number of esters is 1. The molecule has 0 saturated carbocycles. The van der Waals surface area contributed by atoms with Gasteiger partial charge in [0.1, 0.15) is 6.04 Å². The molecule has 1 atom stereocenters. The SMILES string of the molecule is CC.CCn1c(C)c(-c2ccc(CC(N)C(=O)OC)cc2)c(=O)n(CC)c1=O.CN. The van der Waals surface area contributed by atoms with E-state index in [9.17, 15) is 14.4 Å². The Kier molecular flexibility index (Phi) is 12.3. The van der Waals surface area contributed by atoms with Crippen molar-refractivity contribution in [3.8, 4) is 11.1 Å². The number of methoxy groups -OCH3 is 1. The Morgan fingerprint density at radius 1 is 1.03 bits per heavy atom. The van der Waals surface area contributed by atoms with Crippen molar-refractivity contribution in [2.24, 2.45) is 11.5 Å². The highest BCUT2D eigenvalue weighted by molar-refractivity contribution is 5.75. The summed E-state index contributed by atoms with van der Waals surface area (Å²) in [5.41, 5.74) is 12.5. The van der Waals surface area contributed by atoms with Crippen LogP contribution in [0, 0.1) is 6.92 Å². The van der Waals surface area contributed by atoms with Gasteiger partial charge in [-0.2, -0.15) is 0 Å². The van der Waals surface area contributed by atoms with Gasteiger partial charge in [0.05, 0.1) is 12.7 Å². The molecule has 0 radical (unpaired) electrons. The minimum atomic E-state index is -0.730. The summed E-state index contributed by atoms with van der Waals surface area (Å²) < 4.78 is 7.47. The molecule has 8 nitrogen and oxygen atoms in total. The quantitative estimate of drug-likeness (QED) is 0.686. The number of carbonyl (C=O) groups excluding carboxylic acids is 1. The first kappa shape index (κ1) is 27.3. The van der Waals surface area contributed by atoms with Crippen LogP contribution in [-0.2, 0) is 29.0 Å². The van der Waals surface area contributed by atoms with E-state index in [1.807, 2.05) is 45.0 Å². The zero-order valence-electron chi connectivity index (χ0n) is 19.2. The van der Waals surface area contributed by atoms with Crippen molar-refractivity contribution in [1.29, 1.82) is 0 Å². The lowest BCUT2D eigenvalue weighted by Gasteiger charge is -2.16. The fourth-order valence-electron chi connectivity index (χ4n) is 3.08. The number of hydrogen-bond donors (Lipinski definition) is 2. The van der Waals surface area contributed by atoms with E-state index in [0.717, 1.165) is 11.1 Å². The molecule has 0 bridgehead atoms. The van der Waals surface area contributed by atoms with Gasteiger partial charge in [-0.1, -0.05) is 38.1 Å². The van der Waals surface area contributed by atoms with Crippen LogP contribution in [0.3, 0.4) is 0 Å². The van der Waals surface area contributed by atoms with Gasteiger partial charge in [0, 0.05) is 18.8 Å². The van der Waals surface area contributed by atoms with E-state index in [0.29, 0.717) is 30.8 Å². The van der Waals surface area contributed by atoms with Crippen LogP contribution < -0.4 is 22.7 Å². The minimum absolute atomic E-state index is 0.290. The van der Waals surface area contributed by atoms with Gasteiger partial charge in [-0.25, -0.2) is 4.79 Å². The van der Waals surface area contributed by atoms with Crippen molar-refractivity contribution in [3.63, 3.8) is 0 Å². The Morgan fingerprint density at radius 2 is 1.53 bits per heavy atom. The number of nitrogens with two attached hydrogens (primary N) is 2. The molecule has 0 aliphatic carbocycles. The van der Waals surface area contributed by atoms with Crippen LogP contribution in [0.2, 0.25) is 0 Å². The molecule has 1 aromatic heterocycles. The average Bonchev–Trinajstić information content (AvgIpc) is 2.77. The third-order valence-electron chi connectivity index (χ3n) is 4.52. The summed E-state index contributed by atoms with van der Waals surface area (Å²) >= 11 is 0. The summed E-state index contributed by atoms with van der Waals surface area (Å²) in [7, 11) is 2.80. The second-order valence-electron chi connectivity index (χ2n) is 6.07. The highest BCUT2D eigenvalue weighted by atomic mass is 16.5. The summed E-state index contributed by atoms with van der Waals surface area (Å²) in [5, 5.41) is 0. The molecule has 0 spiro atoms. The summed E-state index contributed by atoms with van der Waals surface area (Å²) in [6.45, 7) is 10.2. The lowest BCUT2D eigenvalue weighted by atomic mass is 10.0. The highest BCUT2D eigenvalue weighted by Crippen LogP contribution is 2.20. The minimum Gasteiger partial charge on any atom is -0.468 e. The highest BCUT2D eigenvalue weighted by Gasteiger charge is 2.17. The second-order valence-corrected chi connectivity index (χ2v) is 6.07. The van der Waals surface area contributed by atoms with Crippen molar-refractivity contribution in [2.75, 3.05) is 14.2 Å². The normalized spacial score (nSPS) is 10.8. The van der Waals surface area contributed by atoms with E-state index < -0.39 is 12.0 Å². The standard InChI is InChI=1S/C19H25N3O4.C2H6.CH5N/c1-5-21-12(3)16(17(23)22(6-2)19(21)25)14-9-7-13(8-10-14)11-15(20)18(24)26-4;2*1-2/h7-10,15H,5-6,11,20H2,1-4H3;1-2H3;2H2,1H3. The lowest BCUT2D eigenvalue weighted by molar-refractivity contribution is -0.142. The van der Waals surface area contributed by atoms with Gasteiger partial charge in [-0.15, -0.1) is 0 Å². The van der Waals surface area contributed by atoms with Gasteiger partial charge in [-0.3, -0.25) is 18.7 Å². The third kappa shape index (κ3) is 6.14. The average molecular weight is 421 g/mol. The van der Waals surface area contributed by atoms with Crippen LogP contribution in [0.25, 0.3) is 11.1 Å². The Balaban J connectivity index is 0.00000198. The molecule has 0 fully saturated rings. The predicted molar refractivity (Wildman–Crippen MR) is 122 cm³/mol. The van der Waals surface area contributed by atoms with Gasteiger partial charge < -0.3 is 16.2 Å². The summed E-state index contributed by atoms with van der Waals surface area (Å²) in [6, 6.07) is 6.55. The number of carbonyl (C=O) groups is 1. The molecule has 8 heteroatoms. The molecule has 0 aliphatic heterocycles. The van der Waals surface area contributed by atoms with Crippen molar-refractivity contribution in [3.05, 3.63) is 56.4 Å². The Hall–Kier alpha value is -2.71. The maximum atomic E-state index is 12.8. The first-order valence-corrected chi connectivity index (χ1v) is 10.2. The van der Waals surface area contributed by atoms with Crippen molar-refractivity contribution < 1.29 is 9.53 Å². The van der Waals surface area contributed by atoms with Crippen LogP contribution in [0.4, 0.5) is 0 Å². The first-order chi connectivity index (χ1) is 14.3. The van der Waals surface area contributed by atoms with E-state index >= 15 is 0 Å².